The molecule has 0 bridgehead atoms. The number of rotatable bonds is 8. The quantitative estimate of drug-likeness (QED) is 0.704. The molecule has 3 amide bonds. The molecule has 8 nitrogen and oxygen atoms in total. The Labute approximate surface area is 181 Å². The van der Waals surface area contributed by atoms with E-state index in [2.05, 4.69) is 11.4 Å². The number of carbonyl (C=O) groups is 3. The number of likely N-dealkylation sites (tertiary alicyclic amines) is 1. The summed E-state index contributed by atoms with van der Waals surface area (Å²) < 4.78 is 4.96. The van der Waals surface area contributed by atoms with Gasteiger partial charge in [-0.1, -0.05) is 18.2 Å². The van der Waals surface area contributed by atoms with E-state index in [1.54, 1.807) is 15.9 Å². The van der Waals surface area contributed by atoms with Gasteiger partial charge in [0.05, 0.1) is 24.3 Å². The van der Waals surface area contributed by atoms with E-state index in [1.807, 2.05) is 30.3 Å². The van der Waals surface area contributed by atoms with Gasteiger partial charge in [-0.15, -0.1) is 0 Å². The van der Waals surface area contributed by atoms with E-state index in [9.17, 15) is 14.4 Å². The number of hydrogen-bond acceptors (Lipinski definition) is 5. The van der Waals surface area contributed by atoms with Crippen molar-refractivity contribution in [2.45, 2.75) is 38.1 Å². The number of anilines is 1. The number of nitrogens with one attached hydrogen (secondary N) is 1. The van der Waals surface area contributed by atoms with E-state index < -0.39 is 0 Å². The van der Waals surface area contributed by atoms with Crippen LogP contribution in [0, 0.1) is 11.3 Å². The molecule has 1 aromatic carbocycles. The minimum atomic E-state index is -0.183. The van der Waals surface area contributed by atoms with Crippen LogP contribution in [0.3, 0.4) is 0 Å². The van der Waals surface area contributed by atoms with Crippen molar-refractivity contribution < 1.29 is 18.8 Å². The second kappa shape index (κ2) is 11.0. The highest BCUT2D eigenvalue weighted by Gasteiger charge is 2.25. The number of nitrogens with zero attached hydrogens (tertiary/aromatic N) is 3. The van der Waals surface area contributed by atoms with Crippen molar-refractivity contribution in [2.24, 2.45) is 0 Å². The smallest absolute Gasteiger partial charge is 0.257 e. The number of para-hydroxylation sites is 1. The zero-order valence-electron chi connectivity index (χ0n) is 17.3. The Bertz CT molecular complexity index is 913. The Morgan fingerprint density at radius 2 is 1.87 bits per heavy atom. The molecule has 1 aliphatic heterocycles. The highest BCUT2D eigenvalue weighted by Crippen LogP contribution is 2.17. The molecule has 0 radical (unpaired) electrons. The Kier molecular flexibility index (Phi) is 7.82. The fourth-order valence-electron chi connectivity index (χ4n) is 3.62. The van der Waals surface area contributed by atoms with Crippen molar-refractivity contribution in [2.75, 3.05) is 24.5 Å². The molecule has 2 heterocycles. The van der Waals surface area contributed by atoms with Crippen molar-refractivity contribution >= 4 is 23.4 Å². The minimum Gasteiger partial charge on any atom is -0.472 e. The number of nitriles is 1. The fourth-order valence-corrected chi connectivity index (χ4v) is 3.62. The van der Waals surface area contributed by atoms with Crippen LogP contribution in [0.25, 0.3) is 0 Å². The molecule has 8 heteroatoms. The average molecular weight is 422 g/mol. The third-order valence-electron chi connectivity index (χ3n) is 5.30. The molecular formula is C23H26N4O4. The predicted molar refractivity (Wildman–Crippen MR) is 114 cm³/mol. The zero-order chi connectivity index (χ0) is 22.1. The van der Waals surface area contributed by atoms with E-state index in [0.717, 1.165) is 5.69 Å². The van der Waals surface area contributed by atoms with E-state index in [-0.39, 0.29) is 43.0 Å². The third kappa shape index (κ3) is 6.19. The summed E-state index contributed by atoms with van der Waals surface area (Å²) in [6.45, 7) is 1.41. The molecule has 0 spiro atoms. The molecule has 0 unspecified atom stereocenters. The fraction of sp³-hybridized carbons (Fsp3) is 0.391. The maximum Gasteiger partial charge on any atom is 0.257 e. The molecule has 1 aliphatic rings. The van der Waals surface area contributed by atoms with Gasteiger partial charge >= 0.3 is 0 Å². The number of furan rings is 1. The van der Waals surface area contributed by atoms with E-state index in [0.29, 0.717) is 38.0 Å². The molecular weight excluding hydrogens is 396 g/mol. The first-order valence-electron chi connectivity index (χ1n) is 10.4. The van der Waals surface area contributed by atoms with Gasteiger partial charge in [-0.2, -0.15) is 5.26 Å². The maximum atomic E-state index is 12.7. The van der Waals surface area contributed by atoms with Gasteiger partial charge < -0.3 is 19.5 Å². The van der Waals surface area contributed by atoms with Crippen LogP contribution in [0.15, 0.2) is 53.3 Å². The first-order chi connectivity index (χ1) is 15.1. The summed E-state index contributed by atoms with van der Waals surface area (Å²) in [5.41, 5.74) is 1.25. The van der Waals surface area contributed by atoms with Crippen molar-refractivity contribution in [1.29, 1.82) is 5.26 Å². The van der Waals surface area contributed by atoms with Crippen molar-refractivity contribution in [3.8, 4) is 6.07 Å². The predicted octanol–water partition coefficient (Wildman–Crippen LogP) is 2.73. The Balaban J connectivity index is 1.44. The molecule has 31 heavy (non-hydrogen) atoms. The van der Waals surface area contributed by atoms with Crippen molar-refractivity contribution in [1.82, 2.24) is 10.2 Å². The zero-order valence-corrected chi connectivity index (χ0v) is 17.3. The van der Waals surface area contributed by atoms with Crippen LogP contribution in [0.2, 0.25) is 0 Å². The van der Waals surface area contributed by atoms with Gasteiger partial charge in [0.15, 0.2) is 0 Å². The Morgan fingerprint density at radius 1 is 1.13 bits per heavy atom. The first-order valence-corrected chi connectivity index (χ1v) is 10.4. The summed E-state index contributed by atoms with van der Waals surface area (Å²) in [7, 11) is 0. The van der Waals surface area contributed by atoms with Gasteiger partial charge in [0.1, 0.15) is 6.26 Å². The average Bonchev–Trinajstić information content (AvgIpc) is 3.34. The van der Waals surface area contributed by atoms with Crippen molar-refractivity contribution in [3.05, 3.63) is 54.5 Å². The van der Waals surface area contributed by atoms with Crippen LogP contribution >= 0.6 is 0 Å². The molecule has 1 saturated heterocycles. The highest BCUT2D eigenvalue weighted by atomic mass is 16.3. The lowest BCUT2D eigenvalue weighted by molar-refractivity contribution is -0.125. The lowest BCUT2D eigenvalue weighted by Gasteiger charge is -2.32. The second-order valence-corrected chi connectivity index (χ2v) is 7.44. The Morgan fingerprint density at radius 3 is 2.52 bits per heavy atom. The van der Waals surface area contributed by atoms with Gasteiger partial charge in [0.2, 0.25) is 11.8 Å². The summed E-state index contributed by atoms with van der Waals surface area (Å²) in [6.07, 6.45) is 4.63. The van der Waals surface area contributed by atoms with Crippen LogP contribution in [0.4, 0.5) is 5.69 Å². The standard InChI is InChI=1S/C23H26N4O4/c24-12-4-13-27(20-5-2-1-3-6-20)22(29)8-7-21(28)25-19-9-14-26(15-10-19)23(30)18-11-16-31-17-18/h1-3,5-6,11,16-17,19H,4,7-10,13-15H2,(H,25,28). The molecule has 3 rings (SSSR count). The third-order valence-corrected chi connectivity index (χ3v) is 5.30. The number of hydrogen-bond donors (Lipinski definition) is 1. The normalized spacial score (nSPS) is 14.0. The number of amides is 3. The van der Waals surface area contributed by atoms with Crippen LogP contribution in [-0.4, -0.2) is 48.3 Å². The summed E-state index contributed by atoms with van der Waals surface area (Å²) in [4.78, 5) is 40.7. The SMILES string of the molecule is N#CCCN(C(=O)CCC(=O)NC1CCN(C(=O)c2ccoc2)CC1)c1ccccc1. The topological polar surface area (TPSA) is 107 Å². The molecule has 0 aliphatic carbocycles. The largest absolute Gasteiger partial charge is 0.472 e. The molecule has 1 N–H and O–H groups in total. The van der Waals surface area contributed by atoms with Crippen molar-refractivity contribution in [3.63, 3.8) is 0 Å². The molecule has 2 aromatic rings. The summed E-state index contributed by atoms with van der Waals surface area (Å²) in [5, 5.41) is 11.8. The monoisotopic (exact) mass is 422 g/mol. The van der Waals surface area contributed by atoms with Gasteiger partial charge in [-0.05, 0) is 31.0 Å². The van der Waals surface area contributed by atoms with Crippen LogP contribution in [-0.2, 0) is 9.59 Å². The summed E-state index contributed by atoms with van der Waals surface area (Å²) in [6, 6.07) is 12.8. The summed E-state index contributed by atoms with van der Waals surface area (Å²) in [5.74, 6) is -0.430. The lowest BCUT2D eigenvalue weighted by Crippen LogP contribution is -2.46. The molecule has 0 saturated carbocycles. The van der Waals surface area contributed by atoms with E-state index in [1.165, 1.54) is 12.5 Å². The Hall–Kier alpha value is -3.60. The minimum absolute atomic E-state index is 0.0141. The van der Waals surface area contributed by atoms with Gasteiger partial charge in [0, 0.05) is 44.2 Å². The maximum absolute atomic E-state index is 12.7. The molecule has 1 aromatic heterocycles. The van der Waals surface area contributed by atoms with Crippen LogP contribution < -0.4 is 10.2 Å². The van der Waals surface area contributed by atoms with Gasteiger partial charge in [0.25, 0.3) is 5.91 Å². The number of piperidine rings is 1. The first kappa shape index (κ1) is 22.1. The van der Waals surface area contributed by atoms with E-state index in [4.69, 9.17) is 9.68 Å². The molecule has 162 valence electrons. The van der Waals surface area contributed by atoms with E-state index >= 15 is 0 Å². The number of benzene rings is 1. The molecule has 0 atom stereocenters. The van der Waals surface area contributed by atoms with Crippen LogP contribution in [0.1, 0.15) is 42.5 Å². The highest BCUT2D eigenvalue weighted by molar-refractivity contribution is 5.95. The molecule has 1 fully saturated rings. The summed E-state index contributed by atoms with van der Waals surface area (Å²) >= 11 is 0. The van der Waals surface area contributed by atoms with Crippen LogP contribution in [0.5, 0.6) is 0 Å². The van der Waals surface area contributed by atoms with Gasteiger partial charge in [-0.25, -0.2) is 0 Å². The van der Waals surface area contributed by atoms with Gasteiger partial charge in [-0.3, -0.25) is 14.4 Å². The lowest BCUT2D eigenvalue weighted by atomic mass is 10.0. The number of carbonyl (C=O) groups excluding carboxylic acids is 3. The second-order valence-electron chi connectivity index (χ2n) is 7.44.